The fourth-order valence-electron chi connectivity index (χ4n) is 4.88. The standard InChI is InChI=1S/C26H30FN5O3S/c1-17(2)36(34,35)31-15-13-19(14-16-31)24-21(12-9-18-7-10-20(27)11-8-18)25(33)32(30-24)26-28-22-5-3-4-6-23(22)29-26/h3-8,10-11,17,19,30H,9,12-16H2,1-2H3,(H,28,29). The van der Waals surface area contributed by atoms with Crippen LogP contribution in [0.4, 0.5) is 4.39 Å². The zero-order chi connectivity index (χ0) is 25.4. The van der Waals surface area contributed by atoms with Gasteiger partial charge < -0.3 is 4.98 Å². The van der Waals surface area contributed by atoms with E-state index in [9.17, 15) is 17.6 Å². The van der Waals surface area contributed by atoms with Crippen LogP contribution in [0, 0.1) is 5.82 Å². The number of para-hydroxylation sites is 2. The van der Waals surface area contributed by atoms with Gasteiger partial charge in [0.1, 0.15) is 5.82 Å². The molecule has 2 aromatic carbocycles. The molecule has 0 bridgehead atoms. The molecule has 1 fully saturated rings. The van der Waals surface area contributed by atoms with E-state index in [1.54, 1.807) is 30.3 Å². The van der Waals surface area contributed by atoms with E-state index in [0.29, 0.717) is 50.3 Å². The third kappa shape index (κ3) is 4.62. The van der Waals surface area contributed by atoms with Crippen molar-refractivity contribution in [1.82, 2.24) is 24.1 Å². The van der Waals surface area contributed by atoms with E-state index in [1.165, 1.54) is 16.8 Å². The second-order valence-electron chi connectivity index (χ2n) is 9.62. The van der Waals surface area contributed by atoms with Crippen LogP contribution in [-0.4, -0.2) is 50.8 Å². The van der Waals surface area contributed by atoms with Gasteiger partial charge in [-0.25, -0.2) is 22.1 Å². The lowest BCUT2D eigenvalue weighted by Crippen LogP contribution is -2.41. The normalized spacial score (nSPS) is 15.8. The highest BCUT2D eigenvalue weighted by atomic mass is 32.2. The quantitative estimate of drug-likeness (QED) is 0.393. The number of fused-ring (bicyclic) bond motifs is 1. The summed E-state index contributed by atoms with van der Waals surface area (Å²) in [6.07, 6.45) is 2.31. The third-order valence-corrected chi connectivity index (χ3v) is 9.28. The Balaban J connectivity index is 1.47. The molecule has 1 aliphatic rings. The van der Waals surface area contributed by atoms with Crippen LogP contribution in [0.15, 0.2) is 53.3 Å². The summed E-state index contributed by atoms with van der Waals surface area (Å²) >= 11 is 0. The van der Waals surface area contributed by atoms with Crippen LogP contribution in [0.25, 0.3) is 17.0 Å². The number of nitrogens with zero attached hydrogens (tertiary/aromatic N) is 3. The monoisotopic (exact) mass is 511 g/mol. The Labute approximate surface area is 209 Å². The molecule has 1 aliphatic heterocycles. The van der Waals surface area contributed by atoms with Crippen LogP contribution in [0.2, 0.25) is 0 Å². The first-order valence-corrected chi connectivity index (χ1v) is 13.8. The molecule has 2 N–H and O–H groups in total. The van der Waals surface area contributed by atoms with Gasteiger partial charge in [0.05, 0.1) is 16.3 Å². The molecule has 5 rings (SSSR count). The maximum Gasteiger partial charge on any atom is 0.277 e. The second kappa shape index (κ2) is 9.67. The maximum absolute atomic E-state index is 13.6. The first kappa shape index (κ1) is 24.5. The van der Waals surface area contributed by atoms with Crippen molar-refractivity contribution >= 4 is 21.1 Å². The van der Waals surface area contributed by atoms with E-state index < -0.39 is 15.3 Å². The minimum absolute atomic E-state index is 0.0187. The van der Waals surface area contributed by atoms with Gasteiger partial charge in [0.15, 0.2) is 0 Å². The number of hydrogen-bond donors (Lipinski definition) is 2. The van der Waals surface area contributed by atoms with Crippen molar-refractivity contribution in [2.24, 2.45) is 0 Å². The number of H-pyrrole nitrogens is 2. The maximum atomic E-state index is 13.6. The number of aryl methyl sites for hydroxylation is 1. The number of benzene rings is 2. The van der Waals surface area contributed by atoms with Crippen molar-refractivity contribution in [2.75, 3.05) is 13.1 Å². The van der Waals surface area contributed by atoms with Crippen molar-refractivity contribution in [3.8, 4) is 5.95 Å². The molecule has 2 aromatic heterocycles. The molecule has 1 saturated heterocycles. The molecule has 10 heteroatoms. The van der Waals surface area contributed by atoms with Crippen molar-refractivity contribution < 1.29 is 12.8 Å². The number of aromatic nitrogens is 4. The van der Waals surface area contributed by atoms with Gasteiger partial charge in [-0.05, 0) is 69.4 Å². The van der Waals surface area contributed by atoms with Crippen LogP contribution >= 0.6 is 0 Å². The second-order valence-corrected chi connectivity index (χ2v) is 12.1. The zero-order valence-electron chi connectivity index (χ0n) is 20.4. The summed E-state index contributed by atoms with van der Waals surface area (Å²) in [6.45, 7) is 4.22. The highest BCUT2D eigenvalue weighted by Crippen LogP contribution is 2.31. The van der Waals surface area contributed by atoms with E-state index in [1.807, 2.05) is 24.3 Å². The van der Waals surface area contributed by atoms with Crippen molar-refractivity contribution in [2.45, 2.75) is 50.7 Å². The Kier molecular flexibility index (Phi) is 6.57. The number of rotatable bonds is 7. The molecule has 3 heterocycles. The summed E-state index contributed by atoms with van der Waals surface area (Å²) in [6, 6.07) is 13.9. The largest absolute Gasteiger partial charge is 0.322 e. The fourth-order valence-corrected chi connectivity index (χ4v) is 6.20. The van der Waals surface area contributed by atoms with Gasteiger partial charge in [-0.1, -0.05) is 24.3 Å². The minimum Gasteiger partial charge on any atom is -0.322 e. The Hall–Kier alpha value is -3.24. The fraction of sp³-hybridized carbons (Fsp3) is 0.385. The highest BCUT2D eigenvalue weighted by molar-refractivity contribution is 7.89. The lowest BCUT2D eigenvalue weighted by atomic mass is 9.90. The van der Waals surface area contributed by atoms with Gasteiger partial charge in [0, 0.05) is 30.3 Å². The minimum atomic E-state index is -3.32. The van der Waals surface area contributed by atoms with Crippen molar-refractivity contribution in [1.29, 1.82) is 0 Å². The Morgan fingerprint density at radius 2 is 1.75 bits per heavy atom. The smallest absolute Gasteiger partial charge is 0.277 e. The zero-order valence-corrected chi connectivity index (χ0v) is 21.2. The average molecular weight is 512 g/mol. The van der Waals surface area contributed by atoms with Crippen LogP contribution < -0.4 is 5.56 Å². The molecule has 0 amide bonds. The van der Waals surface area contributed by atoms with Crippen molar-refractivity contribution in [3.63, 3.8) is 0 Å². The van der Waals surface area contributed by atoms with Crippen LogP contribution in [0.5, 0.6) is 0 Å². The molecular weight excluding hydrogens is 481 g/mol. The number of halogens is 1. The molecule has 8 nitrogen and oxygen atoms in total. The molecule has 0 spiro atoms. The van der Waals surface area contributed by atoms with E-state index in [0.717, 1.165) is 22.3 Å². The summed E-state index contributed by atoms with van der Waals surface area (Å²) in [5.41, 5.74) is 3.83. The summed E-state index contributed by atoms with van der Waals surface area (Å²) in [5, 5.41) is 2.84. The Morgan fingerprint density at radius 1 is 1.06 bits per heavy atom. The van der Waals surface area contributed by atoms with E-state index in [2.05, 4.69) is 15.1 Å². The SMILES string of the molecule is CC(C)S(=O)(=O)N1CCC(c2[nH]n(-c3nc4ccccc4[nH]3)c(=O)c2CCc2ccc(F)cc2)CC1. The lowest BCUT2D eigenvalue weighted by Gasteiger charge is -2.32. The van der Waals surface area contributed by atoms with E-state index >= 15 is 0 Å². The molecule has 0 radical (unpaired) electrons. The molecule has 0 unspecified atom stereocenters. The van der Waals surface area contributed by atoms with Gasteiger partial charge in [-0.15, -0.1) is 0 Å². The molecule has 190 valence electrons. The van der Waals surface area contributed by atoms with Gasteiger partial charge in [0.2, 0.25) is 16.0 Å². The number of nitrogens with one attached hydrogen (secondary N) is 2. The van der Waals surface area contributed by atoms with Gasteiger partial charge >= 0.3 is 0 Å². The number of sulfonamides is 1. The third-order valence-electron chi connectivity index (χ3n) is 7.00. The molecule has 0 saturated carbocycles. The van der Waals surface area contributed by atoms with Gasteiger partial charge in [-0.3, -0.25) is 9.89 Å². The molecular formula is C26H30FN5O3S. The summed E-state index contributed by atoms with van der Waals surface area (Å²) in [7, 11) is -3.32. The van der Waals surface area contributed by atoms with Crippen molar-refractivity contribution in [3.05, 3.63) is 81.5 Å². The molecule has 36 heavy (non-hydrogen) atoms. The van der Waals surface area contributed by atoms with Crippen LogP contribution in [-0.2, 0) is 22.9 Å². The number of hydrogen-bond acceptors (Lipinski definition) is 4. The number of piperidine rings is 1. The summed E-state index contributed by atoms with van der Waals surface area (Å²) in [5.74, 6) is 0.136. The number of aromatic amines is 2. The highest BCUT2D eigenvalue weighted by Gasteiger charge is 2.33. The number of imidazole rings is 1. The summed E-state index contributed by atoms with van der Waals surface area (Å²) in [4.78, 5) is 21.4. The average Bonchev–Trinajstić information content (AvgIpc) is 3.44. The van der Waals surface area contributed by atoms with E-state index in [-0.39, 0.29) is 17.3 Å². The first-order chi connectivity index (χ1) is 17.2. The molecule has 0 atom stereocenters. The molecule has 0 aliphatic carbocycles. The predicted octanol–water partition coefficient (Wildman–Crippen LogP) is 3.88. The summed E-state index contributed by atoms with van der Waals surface area (Å²) < 4.78 is 41.6. The predicted molar refractivity (Wildman–Crippen MR) is 137 cm³/mol. The van der Waals surface area contributed by atoms with Gasteiger partial charge in [-0.2, -0.15) is 4.68 Å². The van der Waals surface area contributed by atoms with Crippen LogP contribution in [0.3, 0.4) is 0 Å². The van der Waals surface area contributed by atoms with Crippen LogP contribution in [0.1, 0.15) is 49.4 Å². The molecule has 4 aromatic rings. The Morgan fingerprint density at radius 3 is 2.42 bits per heavy atom. The van der Waals surface area contributed by atoms with E-state index in [4.69, 9.17) is 0 Å². The lowest BCUT2D eigenvalue weighted by molar-refractivity contribution is 0.313. The Bertz CT molecular complexity index is 1490. The topological polar surface area (TPSA) is 104 Å². The first-order valence-electron chi connectivity index (χ1n) is 12.3. The van der Waals surface area contributed by atoms with Gasteiger partial charge in [0.25, 0.3) is 5.56 Å².